The average Bonchev–Trinajstić information content (AvgIpc) is 2.88. The molecular weight excluding hydrogens is 363 g/mol. The Morgan fingerprint density at radius 2 is 2.20 bits per heavy atom. The van der Waals surface area contributed by atoms with Crippen LogP contribution in [0.5, 0.6) is 0 Å². The maximum absolute atomic E-state index is 12.5. The van der Waals surface area contributed by atoms with Gasteiger partial charge in [-0.25, -0.2) is 0 Å². The lowest BCUT2D eigenvalue weighted by atomic mass is 9.93. The highest BCUT2D eigenvalue weighted by molar-refractivity contribution is 9.10. The number of fused-ring (bicyclic) bond motifs is 1. The number of hydrogen-bond donors (Lipinski definition) is 1. The third kappa shape index (κ3) is 3.14. The Balaban J connectivity index is 0.00000147. The summed E-state index contributed by atoms with van der Waals surface area (Å²) in [5.41, 5.74) is 0.678. The number of piperidine rings is 1. The van der Waals surface area contributed by atoms with Gasteiger partial charge in [-0.2, -0.15) is 0 Å². The van der Waals surface area contributed by atoms with E-state index in [0.29, 0.717) is 22.5 Å². The number of likely N-dealkylation sites (tertiary alicyclic amines) is 1. The van der Waals surface area contributed by atoms with E-state index in [1.165, 1.54) is 6.42 Å². The van der Waals surface area contributed by atoms with Crippen LogP contribution in [-0.4, -0.2) is 36.5 Å². The minimum Gasteiger partial charge on any atom is -0.338 e. The van der Waals surface area contributed by atoms with Gasteiger partial charge < -0.3 is 10.2 Å². The van der Waals surface area contributed by atoms with Crippen molar-refractivity contribution in [1.82, 2.24) is 10.2 Å². The zero-order valence-corrected chi connectivity index (χ0v) is 14.1. The number of carbonyl (C=O) groups excluding carboxylic acids is 1. The first-order chi connectivity index (χ1) is 9.15. The first kappa shape index (κ1) is 16.1. The van der Waals surface area contributed by atoms with E-state index in [9.17, 15) is 4.79 Å². The molecule has 2 unspecified atom stereocenters. The molecule has 1 aromatic carbocycles. The summed E-state index contributed by atoms with van der Waals surface area (Å²) >= 11 is 9.40. The number of benzene rings is 1. The van der Waals surface area contributed by atoms with E-state index in [4.69, 9.17) is 11.6 Å². The van der Waals surface area contributed by atoms with Gasteiger partial charge in [0, 0.05) is 29.2 Å². The highest BCUT2D eigenvalue weighted by atomic mass is 79.9. The molecule has 20 heavy (non-hydrogen) atoms. The number of hydrogen-bond acceptors (Lipinski definition) is 2. The second-order valence-corrected chi connectivity index (χ2v) is 6.54. The van der Waals surface area contributed by atoms with Crippen molar-refractivity contribution in [3.8, 4) is 0 Å². The molecule has 0 spiro atoms. The molecule has 2 aliphatic heterocycles. The van der Waals surface area contributed by atoms with Gasteiger partial charge in [0.25, 0.3) is 5.91 Å². The molecule has 3 nitrogen and oxygen atoms in total. The third-order valence-electron chi connectivity index (χ3n) is 4.11. The third-order valence-corrected chi connectivity index (χ3v) is 5.34. The number of carbonyl (C=O) groups is 1. The van der Waals surface area contributed by atoms with E-state index >= 15 is 0 Å². The van der Waals surface area contributed by atoms with Gasteiger partial charge in [0.05, 0.1) is 5.02 Å². The van der Waals surface area contributed by atoms with Gasteiger partial charge >= 0.3 is 0 Å². The molecule has 0 aromatic heterocycles. The fourth-order valence-electron chi connectivity index (χ4n) is 3.04. The van der Waals surface area contributed by atoms with Crippen LogP contribution >= 0.6 is 39.9 Å². The largest absolute Gasteiger partial charge is 0.338 e. The first-order valence-corrected chi connectivity index (χ1v) is 7.80. The molecule has 2 heterocycles. The molecule has 0 aliphatic carbocycles. The Hall–Kier alpha value is -0.290. The van der Waals surface area contributed by atoms with E-state index in [-0.39, 0.29) is 18.3 Å². The fraction of sp³-hybridized carbons (Fsp3) is 0.500. The molecule has 2 aliphatic rings. The molecule has 1 aromatic rings. The number of halogens is 3. The highest BCUT2D eigenvalue weighted by Gasteiger charge is 2.34. The maximum atomic E-state index is 12.5. The normalized spacial score (nSPS) is 25.0. The summed E-state index contributed by atoms with van der Waals surface area (Å²) in [6.07, 6.45) is 2.23. The summed E-state index contributed by atoms with van der Waals surface area (Å²) in [6, 6.07) is 6.02. The van der Waals surface area contributed by atoms with Crippen LogP contribution in [0, 0.1) is 5.92 Å². The Morgan fingerprint density at radius 3 is 2.95 bits per heavy atom. The summed E-state index contributed by atoms with van der Waals surface area (Å²) in [7, 11) is 0. The quantitative estimate of drug-likeness (QED) is 0.811. The van der Waals surface area contributed by atoms with Crippen LogP contribution in [0.4, 0.5) is 0 Å². The lowest BCUT2D eigenvalue weighted by molar-refractivity contribution is 0.0662. The van der Waals surface area contributed by atoms with Crippen molar-refractivity contribution in [3.63, 3.8) is 0 Å². The van der Waals surface area contributed by atoms with Crippen molar-refractivity contribution in [1.29, 1.82) is 0 Å². The summed E-state index contributed by atoms with van der Waals surface area (Å²) in [5, 5.41) is 4.10. The molecule has 6 heteroatoms. The van der Waals surface area contributed by atoms with Crippen molar-refractivity contribution in [2.75, 3.05) is 19.6 Å². The van der Waals surface area contributed by atoms with E-state index in [0.717, 1.165) is 30.5 Å². The topological polar surface area (TPSA) is 32.3 Å². The molecule has 1 N–H and O–H groups in total. The van der Waals surface area contributed by atoms with Crippen LogP contribution in [0.2, 0.25) is 5.02 Å². The molecule has 1 amide bonds. The van der Waals surface area contributed by atoms with Gasteiger partial charge in [-0.05, 0) is 59.4 Å². The van der Waals surface area contributed by atoms with E-state index in [2.05, 4.69) is 21.2 Å². The predicted molar refractivity (Wildman–Crippen MR) is 86.8 cm³/mol. The average molecular weight is 380 g/mol. The molecule has 0 bridgehead atoms. The molecule has 3 rings (SSSR count). The molecule has 2 saturated heterocycles. The zero-order chi connectivity index (χ0) is 13.4. The zero-order valence-electron chi connectivity index (χ0n) is 10.9. The van der Waals surface area contributed by atoms with Gasteiger partial charge in [-0.3, -0.25) is 4.79 Å². The maximum Gasteiger partial charge on any atom is 0.253 e. The molecule has 110 valence electrons. The van der Waals surface area contributed by atoms with E-state index < -0.39 is 0 Å². The van der Waals surface area contributed by atoms with Crippen LogP contribution in [-0.2, 0) is 0 Å². The predicted octanol–water partition coefficient (Wildman–Crippen LogP) is 3.35. The van der Waals surface area contributed by atoms with E-state index in [1.54, 1.807) is 6.07 Å². The number of rotatable bonds is 1. The Bertz CT molecular complexity index is 512. The van der Waals surface area contributed by atoms with Crippen LogP contribution in [0.15, 0.2) is 22.7 Å². The van der Waals surface area contributed by atoms with Crippen molar-refractivity contribution in [3.05, 3.63) is 33.3 Å². The Labute approximate surface area is 138 Å². The van der Waals surface area contributed by atoms with Crippen molar-refractivity contribution in [2.24, 2.45) is 5.92 Å². The smallest absolute Gasteiger partial charge is 0.253 e. The SMILES string of the molecule is Cl.O=C(c1ccc(Br)c(Cl)c1)N1CCC2NCCC2C1. The fourth-order valence-corrected chi connectivity index (χ4v) is 3.47. The van der Waals surface area contributed by atoms with E-state index in [1.807, 2.05) is 17.0 Å². The van der Waals surface area contributed by atoms with Gasteiger partial charge in [-0.15, -0.1) is 12.4 Å². The van der Waals surface area contributed by atoms with Gasteiger partial charge in [0.15, 0.2) is 0 Å². The summed E-state index contributed by atoms with van der Waals surface area (Å²) in [5.74, 6) is 0.711. The van der Waals surface area contributed by atoms with Crippen LogP contribution in [0.1, 0.15) is 23.2 Å². The van der Waals surface area contributed by atoms with Gasteiger partial charge in [0.1, 0.15) is 0 Å². The molecule has 2 atom stereocenters. The number of amides is 1. The van der Waals surface area contributed by atoms with Gasteiger partial charge in [-0.1, -0.05) is 11.6 Å². The standard InChI is InChI=1S/C14H16BrClN2O.ClH/c15-11-2-1-9(7-12(11)16)14(19)18-6-4-13-10(8-18)3-5-17-13;/h1-2,7,10,13,17H,3-6,8H2;1H. The molecule has 2 fully saturated rings. The van der Waals surface area contributed by atoms with Crippen LogP contribution in [0.25, 0.3) is 0 Å². The van der Waals surface area contributed by atoms with Crippen LogP contribution in [0.3, 0.4) is 0 Å². The Kier molecular flexibility index (Phi) is 5.35. The summed E-state index contributed by atoms with van der Waals surface area (Å²) < 4.78 is 0.824. The summed E-state index contributed by atoms with van der Waals surface area (Å²) in [4.78, 5) is 14.4. The van der Waals surface area contributed by atoms with Crippen molar-refractivity contribution in [2.45, 2.75) is 18.9 Å². The van der Waals surface area contributed by atoms with Gasteiger partial charge in [0.2, 0.25) is 0 Å². The van der Waals surface area contributed by atoms with Crippen molar-refractivity contribution >= 4 is 45.8 Å². The first-order valence-electron chi connectivity index (χ1n) is 6.63. The second-order valence-electron chi connectivity index (χ2n) is 5.28. The summed E-state index contributed by atoms with van der Waals surface area (Å²) in [6.45, 7) is 2.78. The highest BCUT2D eigenvalue weighted by Crippen LogP contribution is 2.27. The minimum atomic E-state index is 0. The lowest BCUT2D eigenvalue weighted by Crippen LogP contribution is -2.46. The lowest BCUT2D eigenvalue weighted by Gasteiger charge is -2.35. The van der Waals surface area contributed by atoms with Crippen molar-refractivity contribution < 1.29 is 4.79 Å². The van der Waals surface area contributed by atoms with Crippen LogP contribution < -0.4 is 5.32 Å². The minimum absolute atomic E-state index is 0. The molecule has 0 saturated carbocycles. The molecule has 0 radical (unpaired) electrons. The molecular formula is C14H17BrCl2N2O. The monoisotopic (exact) mass is 378 g/mol. The second kappa shape index (κ2) is 6.65. The Morgan fingerprint density at radius 1 is 1.40 bits per heavy atom. The number of nitrogens with zero attached hydrogens (tertiary/aromatic N) is 1. The number of nitrogens with one attached hydrogen (secondary N) is 1.